The van der Waals surface area contributed by atoms with Gasteiger partial charge in [0.25, 0.3) is 11.8 Å². The van der Waals surface area contributed by atoms with Gasteiger partial charge in [0.1, 0.15) is 11.4 Å². The van der Waals surface area contributed by atoms with Gasteiger partial charge in [-0.25, -0.2) is 4.98 Å². The Morgan fingerprint density at radius 2 is 1.97 bits per heavy atom. The average molecular weight is 474 g/mol. The highest BCUT2D eigenvalue weighted by Gasteiger charge is 2.50. The Hall–Kier alpha value is -3.80. The monoisotopic (exact) mass is 474 g/mol. The largest absolute Gasteiger partial charge is 0.586 e. The molecule has 1 fully saturated rings. The van der Waals surface area contributed by atoms with E-state index in [1.54, 1.807) is 6.92 Å². The molecule has 34 heavy (non-hydrogen) atoms. The number of aromatic nitrogens is 2. The van der Waals surface area contributed by atoms with Crippen molar-refractivity contribution >= 4 is 11.8 Å². The fourth-order valence-electron chi connectivity index (χ4n) is 4.29. The number of alkyl halides is 2. The average Bonchev–Trinajstić information content (AvgIpc) is 3.06. The van der Waals surface area contributed by atoms with Gasteiger partial charge in [-0.2, -0.15) is 0 Å². The summed E-state index contributed by atoms with van der Waals surface area (Å²) in [7, 11) is 0. The molecule has 0 unspecified atom stereocenters. The molecule has 0 spiro atoms. The lowest BCUT2D eigenvalue weighted by Gasteiger charge is -2.51. The van der Waals surface area contributed by atoms with Crippen LogP contribution in [-0.4, -0.2) is 51.4 Å². The molecule has 0 radical (unpaired) electrons. The van der Waals surface area contributed by atoms with Crippen molar-refractivity contribution in [1.82, 2.24) is 20.6 Å². The lowest BCUT2D eigenvalue weighted by Crippen LogP contribution is -2.61. The number of aliphatic hydroxyl groups is 1. The highest BCUT2D eigenvalue weighted by Crippen LogP contribution is 2.48. The fraction of sp³-hybridized carbons (Fsp3) is 0.364. The molecule has 3 aliphatic carbocycles. The van der Waals surface area contributed by atoms with Gasteiger partial charge in [-0.3, -0.25) is 14.6 Å². The van der Waals surface area contributed by atoms with Gasteiger partial charge in [0.15, 0.2) is 18.1 Å². The van der Waals surface area contributed by atoms with E-state index in [1.165, 1.54) is 30.6 Å². The number of aliphatic hydroxyl groups excluding tert-OH is 1. The summed E-state index contributed by atoms with van der Waals surface area (Å²) in [6, 6.07) is 3.82. The molecule has 3 N–H and O–H groups in total. The van der Waals surface area contributed by atoms with E-state index in [1.807, 2.05) is 0 Å². The Balaban J connectivity index is 1.16. The summed E-state index contributed by atoms with van der Waals surface area (Å²) in [5.74, 6) is -1.08. The number of aryl methyl sites for hydroxylation is 1. The molecule has 2 bridgehead atoms. The molecule has 178 valence electrons. The third-order valence-corrected chi connectivity index (χ3v) is 5.81. The van der Waals surface area contributed by atoms with Crippen LogP contribution >= 0.6 is 0 Å². The van der Waals surface area contributed by atoms with Crippen molar-refractivity contribution in [2.75, 3.05) is 6.61 Å². The van der Waals surface area contributed by atoms with Crippen LogP contribution in [0.4, 0.5) is 8.78 Å². The number of fused-ring (bicyclic) bond motifs is 3. The Bertz CT molecular complexity index is 1190. The first kappa shape index (κ1) is 22.0. The van der Waals surface area contributed by atoms with Crippen LogP contribution < -0.4 is 24.8 Å². The van der Waals surface area contributed by atoms with Crippen molar-refractivity contribution < 1.29 is 37.7 Å². The molecule has 1 aliphatic heterocycles. The number of carbonyl (C=O) groups excluding carboxylic acids is 2. The summed E-state index contributed by atoms with van der Waals surface area (Å²) in [6.45, 7) is 1.36. The van der Waals surface area contributed by atoms with Crippen LogP contribution in [0.2, 0.25) is 0 Å². The topological polar surface area (TPSA) is 132 Å². The Morgan fingerprint density at radius 3 is 2.68 bits per heavy atom. The zero-order valence-electron chi connectivity index (χ0n) is 17.9. The van der Waals surface area contributed by atoms with Gasteiger partial charge in [0.2, 0.25) is 0 Å². The number of hydrogen-bond donors (Lipinski definition) is 3. The molecule has 2 aromatic rings. The molecular weight excluding hydrogens is 454 g/mol. The maximum Gasteiger partial charge on any atom is 0.586 e. The van der Waals surface area contributed by atoms with Gasteiger partial charge in [0.05, 0.1) is 23.5 Å². The van der Waals surface area contributed by atoms with E-state index in [0.717, 1.165) is 5.57 Å². The molecule has 12 heteroatoms. The second kappa shape index (κ2) is 7.90. The van der Waals surface area contributed by atoms with Gasteiger partial charge in [-0.1, -0.05) is 0 Å². The zero-order chi connectivity index (χ0) is 24.1. The normalized spacial score (nSPS) is 23.7. The van der Waals surface area contributed by atoms with Crippen LogP contribution in [0, 0.1) is 6.92 Å². The minimum atomic E-state index is -3.74. The van der Waals surface area contributed by atoms with Gasteiger partial charge >= 0.3 is 6.29 Å². The van der Waals surface area contributed by atoms with Gasteiger partial charge in [-0.15, -0.1) is 8.78 Å². The summed E-state index contributed by atoms with van der Waals surface area (Å²) in [5.41, 5.74) is 1.51. The number of rotatable bonds is 6. The zero-order valence-corrected chi connectivity index (χ0v) is 17.9. The van der Waals surface area contributed by atoms with E-state index in [-0.39, 0.29) is 35.3 Å². The molecule has 4 aliphatic rings. The van der Waals surface area contributed by atoms with Crippen LogP contribution in [0.25, 0.3) is 0 Å². The van der Waals surface area contributed by atoms with E-state index < -0.39 is 30.5 Å². The summed E-state index contributed by atoms with van der Waals surface area (Å²) in [6.07, 6.45) is -0.610. The quantitative estimate of drug-likeness (QED) is 0.575. The number of hydrogen-bond acceptors (Lipinski definition) is 8. The van der Waals surface area contributed by atoms with Crippen molar-refractivity contribution in [2.24, 2.45) is 0 Å². The third-order valence-electron chi connectivity index (χ3n) is 5.81. The van der Waals surface area contributed by atoms with Crippen LogP contribution in [0.1, 0.15) is 35.4 Å². The number of nitrogens with one attached hydrogen (secondary N) is 2. The minimum absolute atomic E-state index is 0.130. The van der Waals surface area contributed by atoms with Crippen LogP contribution in [0.5, 0.6) is 17.2 Å². The second-order valence-electron chi connectivity index (χ2n) is 8.48. The number of nitrogens with zero attached hydrogens (tertiary/aromatic N) is 2. The number of halogens is 2. The van der Waals surface area contributed by atoms with E-state index in [9.17, 15) is 23.5 Å². The molecule has 2 heterocycles. The van der Waals surface area contributed by atoms with E-state index in [0.29, 0.717) is 24.2 Å². The van der Waals surface area contributed by atoms with Crippen molar-refractivity contribution in [3.63, 3.8) is 0 Å². The maximum absolute atomic E-state index is 13.1. The molecule has 0 saturated heterocycles. The molecule has 10 nitrogen and oxygen atoms in total. The second-order valence-corrected chi connectivity index (χ2v) is 8.48. The SMILES string of the molecule is Cc1cnc(C(=O)NC23CC(=C(NC(=O)COc4ccc5c(c4)OC(F)(F)O5)[C@@H](O)C2)C3)cn1. The fourth-order valence-corrected chi connectivity index (χ4v) is 4.29. The number of amides is 2. The summed E-state index contributed by atoms with van der Waals surface area (Å²) in [5, 5.41) is 16.1. The smallest absolute Gasteiger partial charge is 0.484 e. The molecule has 1 aromatic carbocycles. The molecule has 1 aromatic heterocycles. The first-order valence-electron chi connectivity index (χ1n) is 10.5. The molecule has 1 saturated carbocycles. The highest BCUT2D eigenvalue weighted by molar-refractivity contribution is 5.92. The third kappa shape index (κ3) is 4.23. The minimum Gasteiger partial charge on any atom is -0.484 e. The van der Waals surface area contributed by atoms with Crippen LogP contribution in [-0.2, 0) is 4.79 Å². The van der Waals surface area contributed by atoms with Crippen LogP contribution in [0.15, 0.2) is 41.9 Å². The van der Waals surface area contributed by atoms with Gasteiger partial charge in [-0.05, 0) is 37.5 Å². The van der Waals surface area contributed by atoms with Crippen molar-refractivity contribution in [1.29, 1.82) is 0 Å². The standard InChI is InChI=1S/C22H20F2N4O6/c1-11-8-26-14(9-25-11)20(31)28-21-5-12(6-21)19(15(29)7-21)27-18(30)10-32-13-2-3-16-17(4-13)34-22(23,24)33-16/h2-4,8-9,15,29H,5-7,10H2,1H3,(H,27,30)(H,28,31)/t15-/m0/s1. The lowest BCUT2D eigenvalue weighted by molar-refractivity contribution is -0.286. The predicted octanol–water partition coefficient (Wildman–Crippen LogP) is 1.58. The highest BCUT2D eigenvalue weighted by atomic mass is 19.3. The molecule has 1 atom stereocenters. The summed E-state index contributed by atoms with van der Waals surface area (Å²) >= 11 is 0. The van der Waals surface area contributed by atoms with Gasteiger partial charge < -0.3 is 30.0 Å². The number of ether oxygens (including phenoxy) is 3. The van der Waals surface area contributed by atoms with E-state index in [2.05, 4.69) is 30.1 Å². The van der Waals surface area contributed by atoms with Crippen LogP contribution in [0.3, 0.4) is 0 Å². The molecular formula is C22H20F2N4O6. The van der Waals surface area contributed by atoms with E-state index >= 15 is 0 Å². The van der Waals surface area contributed by atoms with Crippen molar-refractivity contribution in [3.8, 4) is 17.2 Å². The Labute approximate surface area is 191 Å². The Kier molecular flexibility index (Phi) is 5.12. The summed E-state index contributed by atoms with van der Waals surface area (Å²) in [4.78, 5) is 33.0. The van der Waals surface area contributed by atoms with Crippen molar-refractivity contribution in [3.05, 3.63) is 53.3 Å². The molecule has 2 amide bonds. The lowest BCUT2D eigenvalue weighted by atomic mass is 9.63. The summed E-state index contributed by atoms with van der Waals surface area (Å²) < 4.78 is 40.2. The first-order valence-corrected chi connectivity index (χ1v) is 10.5. The predicted molar refractivity (Wildman–Crippen MR) is 110 cm³/mol. The Morgan fingerprint density at radius 1 is 1.21 bits per heavy atom. The van der Waals surface area contributed by atoms with Gasteiger partial charge in [0, 0.05) is 24.4 Å². The molecule has 6 rings (SSSR count). The van der Waals surface area contributed by atoms with Crippen molar-refractivity contribution in [2.45, 2.75) is 44.1 Å². The number of carbonyl (C=O) groups is 2. The maximum atomic E-state index is 13.1. The number of benzene rings is 1. The van der Waals surface area contributed by atoms with E-state index in [4.69, 9.17) is 4.74 Å². The first-order chi connectivity index (χ1) is 16.1.